The summed E-state index contributed by atoms with van der Waals surface area (Å²) < 4.78 is 0. The Morgan fingerprint density at radius 2 is 2.08 bits per heavy atom. The van der Waals surface area contributed by atoms with E-state index in [1.807, 2.05) is 0 Å². The van der Waals surface area contributed by atoms with Crippen molar-refractivity contribution >= 4 is 17.6 Å². The monoisotopic (exact) mass is 181 g/mol. The molecule has 0 saturated heterocycles. The molecule has 0 unspecified atom stereocenters. The number of amides is 2. The van der Waals surface area contributed by atoms with E-state index in [-0.39, 0.29) is 23.7 Å². The molecule has 0 atom stereocenters. The third-order valence-electron chi connectivity index (χ3n) is 1.75. The van der Waals surface area contributed by atoms with Crippen LogP contribution in [0.25, 0.3) is 0 Å². The zero-order valence-electron chi connectivity index (χ0n) is 6.55. The largest absolute Gasteiger partial charge is 0.382 e. The van der Waals surface area contributed by atoms with Crippen molar-refractivity contribution in [3.63, 3.8) is 0 Å². The number of aromatic nitrogens is 2. The predicted molar refractivity (Wildman–Crippen MR) is 42.3 cm³/mol. The first-order valence-electron chi connectivity index (χ1n) is 3.60. The molecule has 0 spiro atoms. The number of anilines is 1. The molecule has 0 aliphatic carbocycles. The summed E-state index contributed by atoms with van der Waals surface area (Å²) in [5.74, 6) is -0.660. The van der Waals surface area contributed by atoms with Crippen LogP contribution in [0.4, 0.5) is 5.82 Å². The van der Waals surface area contributed by atoms with Crippen LogP contribution < -0.4 is 16.6 Å². The molecule has 1 aliphatic heterocycles. The van der Waals surface area contributed by atoms with Gasteiger partial charge in [-0.3, -0.25) is 25.5 Å². The summed E-state index contributed by atoms with van der Waals surface area (Å²) in [7, 11) is 0. The lowest BCUT2D eigenvalue weighted by Crippen LogP contribution is -2.39. The lowest BCUT2D eigenvalue weighted by atomic mass is 10.2. The number of nitrogen functional groups attached to an aromatic ring is 1. The topological polar surface area (TPSA) is 113 Å². The SMILES string of the molecule is Nc1n[nH]c2c1C(=O)NNC(=O)C2. The van der Waals surface area contributed by atoms with Gasteiger partial charge in [-0.15, -0.1) is 0 Å². The van der Waals surface area contributed by atoms with E-state index in [1.165, 1.54) is 0 Å². The number of H-pyrrole nitrogens is 1. The van der Waals surface area contributed by atoms with Crippen molar-refractivity contribution in [1.29, 1.82) is 0 Å². The highest BCUT2D eigenvalue weighted by Gasteiger charge is 2.23. The number of aromatic amines is 1. The quantitative estimate of drug-likeness (QED) is 0.382. The summed E-state index contributed by atoms with van der Waals surface area (Å²) in [6, 6.07) is 0. The van der Waals surface area contributed by atoms with Crippen LogP contribution in [0.2, 0.25) is 0 Å². The molecule has 0 bridgehead atoms. The van der Waals surface area contributed by atoms with Crippen molar-refractivity contribution in [2.75, 3.05) is 5.73 Å². The maximum atomic E-state index is 11.3. The smallest absolute Gasteiger partial charge is 0.275 e. The van der Waals surface area contributed by atoms with Gasteiger partial charge in [-0.05, 0) is 0 Å². The Bertz CT molecular complexity index is 382. The van der Waals surface area contributed by atoms with E-state index >= 15 is 0 Å². The molecule has 0 saturated carbocycles. The van der Waals surface area contributed by atoms with E-state index < -0.39 is 5.91 Å². The van der Waals surface area contributed by atoms with E-state index in [1.54, 1.807) is 0 Å². The van der Waals surface area contributed by atoms with Crippen LogP contribution in [0.3, 0.4) is 0 Å². The third-order valence-corrected chi connectivity index (χ3v) is 1.75. The van der Waals surface area contributed by atoms with Gasteiger partial charge in [-0.1, -0.05) is 0 Å². The number of carbonyl (C=O) groups excluding carboxylic acids is 2. The highest BCUT2D eigenvalue weighted by Crippen LogP contribution is 2.14. The van der Waals surface area contributed by atoms with Crippen LogP contribution >= 0.6 is 0 Å². The summed E-state index contributed by atoms with van der Waals surface area (Å²) in [4.78, 5) is 22.3. The van der Waals surface area contributed by atoms with Crippen molar-refractivity contribution < 1.29 is 9.59 Å². The molecular formula is C6H7N5O2. The lowest BCUT2D eigenvalue weighted by molar-refractivity contribution is -0.121. The summed E-state index contributed by atoms with van der Waals surface area (Å²) in [5, 5.41) is 6.17. The molecule has 7 nitrogen and oxygen atoms in total. The second-order valence-corrected chi connectivity index (χ2v) is 2.64. The van der Waals surface area contributed by atoms with E-state index in [0.717, 1.165) is 0 Å². The molecule has 5 N–H and O–H groups in total. The second-order valence-electron chi connectivity index (χ2n) is 2.64. The number of hydrogen-bond donors (Lipinski definition) is 4. The normalized spacial score (nSPS) is 15.7. The van der Waals surface area contributed by atoms with Crippen molar-refractivity contribution in [1.82, 2.24) is 21.0 Å². The van der Waals surface area contributed by atoms with Crippen LogP contribution in [0.5, 0.6) is 0 Å². The maximum absolute atomic E-state index is 11.3. The standard InChI is InChI=1S/C6H7N5O2/c7-5-4-2(8-10-5)1-3(12)9-11-6(4)13/h1H2,(H,9,12)(H,11,13)(H3,7,8,10). The van der Waals surface area contributed by atoms with Gasteiger partial charge in [0.1, 0.15) is 5.56 Å². The molecule has 0 radical (unpaired) electrons. The third kappa shape index (κ3) is 1.10. The minimum Gasteiger partial charge on any atom is -0.382 e. The van der Waals surface area contributed by atoms with Crippen LogP contribution in [0.15, 0.2) is 0 Å². The van der Waals surface area contributed by atoms with Crippen molar-refractivity contribution in [2.45, 2.75) is 6.42 Å². The Balaban J connectivity index is 2.51. The average molecular weight is 181 g/mol. The molecule has 0 aromatic carbocycles. The fourth-order valence-electron chi connectivity index (χ4n) is 1.17. The Labute approximate surface area is 72.7 Å². The summed E-state index contributed by atoms with van der Waals surface area (Å²) >= 11 is 0. The van der Waals surface area contributed by atoms with Gasteiger partial charge in [0.05, 0.1) is 12.1 Å². The maximum Gasteiger partial charge on any atom is 0.275 e. The zero-order chi connectivity index (χ0) is 9.42. The molecule has 0 fully saturated rings. The molecule has 1 aromatic heterocycles. The van der Waals surface area contributed by atoms with Gasteiger partial charge in [0, 0.05) is 0 Å². The van der Waals surface area contributed by atoms with Gasteiger partial charge in [0.15, 0.2) is 5.82 Å². The van der Waals surface area contributed by atoms with Gasteiger partial charge in [-0.2, -0.15) is 5.10 Å². The van der Waals surface area contributed by atoms with Crippen LogP contribution in [-0.4, -0.2) is 22.0 Å². The first-order valence-corrected chi connectivity index (χ1v) is 3.60. The van der Waals surface area contributed by atoms with E-state index in [2.05, 4.69) is 21.0 Å². The number of nitrogens with zero attached hydrogens (tertiary/aromatic N) is 1. The lowest BCUT2D eigenvalue weighted by Gasteiger charge is -1.99. The van der Waals surface area contributed by atoms with Crippen molar-refractivity contribution in [2.24, 2.45) is 0 Å². The number of rotatable bonds is 0. The molecule has 68 valence electrons. The zero-order valence-corrected chi connectivity index (χ0v) is 6.55. The minimum absolute atomic E-state index is 0.0677. The van der Waals surface area contributed by atoms with Crippen LogP contribution in [0.1, 0.15) is 16.1 Å². The second kappa shape index (κ2) is 2.47. The number of hydrogen-bond acceptors (Lipinski definition) is 4. The fourth-order valence-corrected chi connectivity index (χ4v) is 1.17. The molecule has 1 aliphatic rings. The Hall–Kier alpha value is -2.05. The number of hydrazine groups is 1. The first-order chi connectivity index (χ1) is 6.18. The summed E-state index contributed by atoms with van der Waals surface area (Å²) in [6.45, 7) is 0. The van der Waals surface area contributed by atoms with Crippen molar-refractivity contribution in [3.05, 3.63) is 11.3 Å². The molecule has 2 rings (SSSR count). The molecule has 2 heterocycles. The Morgan fingerprint density at radius 3 is 2.85 bits per heavy atom. The van der Waals surface area contributed by atoms with Crippen LogP contribution in [-0.2, 0) is 11.2 Å². The molecule has 7 heteroatoms. The van der Waals surface area contributed by atoms with Crippen LogP contribution in [0, 0.1) is 0 Å². The summed E-state index contributed by atoms with van der Waals surface area (Å²) in [6.07, 6.45) is 0.0677. The van der Waals surface area contributed by atoms with Gasteiger partial charge < -0.3 is 5.73 Å². The van der Waals surface area contributed by atoms with Gasteiger partial charge in [0.25, 0.3) is 5.91 Å². The van der Waals surface area contributed by atoms with E-state index in [4.69, 9.17) is 5.73 Å². The number of carbonyl (C=O) groups is 2. The fraction of sp³-hybridized carbons (Fsp3) is 0.167. The molecule has 13 heavy (non-hydrogen) atoms. The van der Waals surface area contributed by atoms with Gasteiger partial charge >= 0.3 is 0 Å². The molecule has 2 amide bonds. The van der Waals surface area contributed by atoms with Gasteiger partial charge in [-0.25, -0.2) is 0 Å². The Kier molecular flexibility index (Phi) is 1.44. The highest BCUT2D eigenvalue weighted by molar-refractivity contribution is 6.02. The average Bonchev–Trinajstić information content (AvgIpc) is 2.36. The Morgan fingerprint density at radius 1 is 1.31 bits per heavy atom. The van der Waals surface area contributed by atoms with E-state index in [9.17, 15) is 9.59 Å². The predicted octanol–water partition coefficient (Wildman–Crippen LogP) is -1.69. The van der Waals surface area contributed by atoms with Gasteiger partial charge in [0.2, 0.25) is 5.91 Å². The highest BCUT2D eigenvalue weighted by atomic mass is 16.2. The minimum atomic E-state index is -0.452. The van der Waals surface area contributed by atoms with Crippen molar-refractivity contribution in [3.8, 4) is 0 Å². The summed E-state index contributed by atoms with van der Waals surface area (Å²) in [5.41, 5.74) is 10.5. The molecular weight excluding hydrogens is 174 g/mol. The number of nitrogens with two attached hydrogens (primary N) is 1. The van der Waals surface area contributed by atoms with E-state index in [0.29, 0.717) is 5.69 Å². The number of fused-ring (bicyclic) bond motifs is 1. The number of nitrogens with one attached hydrogen (secondary N) is 3. The molecule has 1 aromatic rings. The first kappa shape index (κ1) is 7.59.